The van der Waals surface area contributed by atoms with Crippen LogP contribution in [0.15, 0.2) is 54.9 Å². The average molecular weight is 348 g/mol. The van der Waals surface area contributed by atoms with Crippen LogP contribution in [0.4, 0.5) is 0 Å². The molecule has 26 heavy (non-hydrogen) atoms. The van der Waals surface area contributed by atoms with Gasteiger partial charge in [-0.3, -0.25) is 9.48 Å². The van der Waals surface area contributed by atoms with Crippen LogP contribution in [0.25, 0.3) is 11.1 Å². The van der Waals surface area contributed by atoms with Gasteiger partial charge in [-0.15, -0.1) is 5.10 Å². The first-order valence-electron chi connectivity index (χ1n) is 8.74. The van der Waals surface area contributed by atoms with Gasteiger partial charge in [0.25, 0.3) is 0 Å². The Morgan fingerprint density at radius 1 is 1.15 bits per heavy atom. The van der Waals surface area contributed by atoms with Crippen molar-refractivity contribution in [2.45, 2.75) is 25.9 Å². The van der Waals surface area contributed by atoms with Gasteiger partial charge in [-0.2, -0.15) is 0 Å². The third-order valence-electron chi connectivity index (χ3n) is 4.51. The van der Waals surface area contributed by atoms with E-state index in [-0.39, 0.29) is 5.91 Å². The zero-order valence-electron chi connectivity index (χ0n) is 14.4. The zero-order valence-corrected chi connectivity index (χ0v) is 14.4. The van der Waals surface area contributed by atoms with E-state index in [4.69, 9.17) is 4.74 Å². The summed E-state index contributed by atoms with van der Waals surface area (Å²) in [6, 6.07) is 14.6. The predicted molar refractivity (Wildman–Crippen MR) is 97.6 cm³/mol. The van der Waals surface area contributed by atoms with Gasteiger partial charge in [-0.25, -0.2) is 0 Å². The molecule has 0 atom stereocenters. The Bertz CT molecular complexity index is 889. The SMILES string of the molecule is O=C(CCn1ccnn1)NCc1ccc(-c2ccc3c(c2)CCO3)cc1. The minimum atomic E-state index is 0.00296. The third kappa shape index (κ3) is 3.74. The first-order valence-corrected chi connectivity index (χ1v) is 8.74. The van der Waals surface area contributed by atoms with Crippen LogP contribution in [0, 0.1) is 0 Å². The Labute approximate surface area is 151 Å². The van der Waals surface area contributed by atoms with Crippen molar-refractivity contribution in [2.24, 2.45) is 0 Å². The highest BCUT2D eigenvalue weighted by Gasteiger charge is 2.12. The number of hydrogen-bond donors (Lipinski definition) is 1. The quantitative estimate of drug-likeness (QED) is 0.743. The van der Waals surface area contributed by atoms with Crippen molar-refractivity contribution in [3.05, 3.63) is 66.0 Å². The second-order valence-electron chi connectivity index (χ2n) is 6.31. The van der Waals surface area contributed by atoms with Crippen LogP contribution < -0.4 is 10.1 Å². The first-order chi connectivity index (χ1) is 12.8. The number of carbonyl (C=O) groups is 1. The largest absolute Gasteiger partial charge is 0.493 e. The molecule has 2 heterocycles. The van der Waals surface area contributed by atoms with E-state index in [1.807, 2.05) is 6.07 Å². The van der Waals surface area contributed by atoms with Crippen LogP contribution >= 0.6 is 0 Å². The average Bonchev–Trinajstić information content (AvgIpc) is 3.36. The molecule has 0 bridgehead atoms. The number of ether oxygens (including phenoxy) is 1. The number of carbonyl (C=O) groups excluding carboxylic acids is 1. The summed E-state index contributed by atoms with van der Waals surface area (Å²) in [4.78, 5) is 11.9. The Morgan fingerprint density at radius 2 is 2.00 bits per heavy atom. The molecular formula is C20H20N4O2. The zero-order chi connectivity index (χ0) is 17.8. The van der Waals surface area contributed by atoms with E-state index in [0.29, 0.717) is 19.5 Å². The molecule has 0 unspecified atom stereocenters. The number of nitrogens with zero attached hydrogens (tertiary/aromatic N) is 3. The van der Waals surface area contributed by atoms with E-state index < -0.39 is 0 Å². The molecule has 6 heteroatoms. The normalized spacial score (nSPS) is 12.5. The van der Waals surface area contributed by atoms with Gasteiger partial charge < -0.3 is 10.1 Å². The van der Waals surface area contributed by atoms with E-state index in [9.17, 15) is 4.79 Å². The van der Waals surface area contributed by atoms with Gasteiger partial charge in [0.1, 0.15) is 5.75 Å². The Kier molecular flexibility index (Phi) is 4.64. The van der Waals surface area contributed by atoms with E-state index in [1.165, 1.54) is 16.7 Å². The fraction of sp³-hybridized carbons (Fsp3) is 0.250. The molecule has 132 valence electrons. The second-order valence-corrected chi connectivity index (χ2v) is 6.31. The number of aryl methyl sites for hydroxylation is 1. The van der Waals surface area contributed by atoms with E-state index in [1.54, 1.807) is 17.1 Å². The molecular weight excluding hydrogens is 328 g/mol. The fourth-order valence-corrected chi connectivity index (χ4v) is 3.04. The van der Waals surface area contributed by atoms with Crippen LogP contribution in [0.1, 0.15) is 17.5 Å². The first kappa shape index (κ1) is 16.3. The molecule has 1 amide bonds. The highest BCUT2D eigenvalue weighted by atomic mass is 16.5. The molecule has 1 aliphatic rings. The van der Waals surface area contributed by atoms with Gasteiger partial charge in [-0.05, 0) is 34.4 Å². The summed E-state index contributed by atoms with van der Waals surface area (Å²) in [5.41, 5.74) is 4.71. The Balaban J connectivity index is 1.32. The lowest BCUT2D eigenvalue weighted by Crippen LogP contribution is -2.24. The molecule has 6 nitrogen and oxygen atoms in total. The van der Waals surface area contributed by atoms with E-state index in [2.05, 4.69) is 52.0 Å². The molecule has 1 aliphatic heterocycles. The lowest BCUT2D eigenvalue weighted by Gasteiger charge is -2.08. The minimum Gasteiger partial charge on any atom is -0.493 e. The Morgan fingerprint density at radius 3 is 2.81 bits per heavy atom. The lowest BCUT2D eigenvalue weighted by molar-refractivity contribution is -0.121. The van der Waals surface area contributed by atoms with Crippen molar-refractivity contribution in [2.75, 3.05) is 6.61 Å². The number of amides is 1. The molecule has 4 rings (SSSR count). The lowest BCUT2D eigenvalue weighted by atomic mass is 10.0. The molecule has 0 radical (unpaired) electrons. The molecule has 1 aromatic heterocycles. The summed E-state index contributed by atoms with van der Waals surface area (Å²) in [6.07, 6.45) is 4.71. The monoisotopic (exact) mass is 348 g/mol. The minimum absolute atomic E-state index is 0.00296. The van der Waals surface area contributed by atoms with Crippen LogP contribution in [-0.2, 0) is 24.3 Å². The molecule has 0 saturated heterocycles. The maximum absolute atomic E-state index is 11.9. The summed E-state index contributed by atoms with van der Waals surface area (Å²) in [5.74, 6) is 1.00. The topological polar surface area (TPSA) is 69.0 Å². The van der Waals surface area contributed by atoms with Gasteiger partial charge in [0, 0.05) is 25.6 Å². The van der Waals surface area contributed by atoms with Crippen molar-refractivity contribution in [3.63, 3.8) is 0 Å². The van der Waals surface area contributed by atoms with Gasteiger partial charge in [0.2, 0.25) is 5.91 Å². The molecule has 3 aromatic rings. The number of aromatic nitrogens is 3. The fourth-order valence-electron chi connectivity index (χ4n) is 3.04. The summed E-state index contributed by atoms with van der Waals surface area (Å²) in [7, 11) is 0. The molecule has 0 saturated carbocycles. The highest BCUT2D eigenvalue weighted by molar-refractivity contribution is 5.75. The van der Waals surface area contributed by atoms with E-state index in [0.717, 1.165) is 24.3 Å². The molecule has 0 aliphatic carbocycles. The van der Waals surface area contributed by atoms with Gasteiger partial charge in [0.15, 0.2) is 0 Å². The standard InChI is InChI=1S/C20H20N4O2/c25-20(7-10-24-11-9-22-23-24)21-14-15-1-3-16(4-2-15)17-5-6-19-18(13-17)8-12-26-19/h1-6,9,11,13H,7-8,10,12,14H2,(H,21,25). The molecule has 0 fully saturated rings. The maximum atomic E-state index is 11.9. The summed E-state index contributed by atoms with van der Waals surface area (Å²) < 4.78 is 7.21. The summed E-state index contributed by atoms with van der Waals surface area (Å²) >= 11 is 0. The molecule has 2 aromatic carbocycles. The van der Waals surface area contributed by atoms with Crippen molar-refractivity contribution < 1.29 is 9.53 Å². The summed E-state index contributed by atoms with van der Waals surface area (Å²) in [6.45, 7) is 1.83. The number of hydrogen-bond acceptors (Lipinski definition) is 4. The maximum Gasteiger partial charge on any atom is 0.222 e. The van der Waals surface area contributed by atoms with Crippen molar-refractivity contribution in [1.29, 1.82) is 0 Å². The molecule has 1 N–H and O–H groups in total. The van der Waals surface area contributed by atoms with Crippen molar-refractivity contribution in [1.82, 2.24) is 20.3 Å². The number of rotatable bonds is 6. The molecule has 0 spiro atoms. The highest BCUT2D eigenvalue weighted by Crippen LogP contribution is 2.30. The van der Waals surface area contributed by atoms with Crippen molar-refractivity contribution >= 4 is 5.91 Å². The second kappa shape index (κ2) is 7.39. The number of benzene rings is 2. The van der Waals surface area contributed by atoms with Crippen LogP contribution in [0.3, 0.4) is 0 Å². The van der Waals surface area contributed by atoms with Crippen LogP contribution in [0.2, 0.25) is 0 Å². The van der Waals surface area contributed by atoms with Gasteiger partial charge in [-0.1, -0.05) is 35.5 Å². The Hall–Kier alpha value is -3.15. The number of fused-ring (bicyclic) bond motifs is 1. The van der Waals surface area contributed by atoms with Gasteiger partial charge >= 0.3 is 0 Å². The third-order valence-corrected chi connectivity index (χ3v) is 4.51. The van der Waals surface area contributed by atoms with Crippen molar-refractivity contribution in [3.8, 4) is 16.9 Å². The summed E-state index contributed by atoms with van der Waals surface area (Å²) in [5, 5.41) is 10.5. The smallest absolute Gasteiger partial charge is 0.222 e. The van der Waals surface area contributed by atoms with Gasteiger partial charge in [0.05, 0.1) is 19.3 Å². The number of nitrogens with one attached hydrogen (secondary N) is 1. The van der Waals surface area contributed by atoms with Crippen LogP contribution in [0.5, 0.6) is 5.75 Å². The van der Waals surface area contributed by atoms with Crippen LogP contribution in [-0.4, -0.2) is 27.5 Å². The van der Waals surface area contributed by atoms with E-state index >= 15 is 0 Å². The predicted octanol–water partition coefficient (Wildman–Crippen LogP) is 2.59.